The average Bonchev–Trinajstić information content (AvgIpc) is 1.53. The fraction of sp³-hybridized carbons (Fsp3) is 0.0400. The Morgan fingerprint density at radius 2 is 0.538 bits per heavy atom. The molecule has 0 spiro atoms. The molecule has 16 aromatic carbocycles. The summed E-state index contributed by atoms with van der Waals surface area (Å²) < 4.78 is 9.71. The third-order valence-corrected chi connectivity index (χ3v) is 22.9. The summed E-state index contributed by atoms with van der Waals surface area (Å²) >= 11 is 0. The number of benzene rings is 16. The quantitative estimate of drug-likeness (QED) is 0.144. The van der Waals surface area contributed by atoms with E-state index >= 15 is 0 Å². The molecule has 4 heteroatoms. The van der Waals surface area contributed by atoms with Crippen LogP contribution in [0.3, 0.4) is 0 Å². The SMILES string of the molecule is CC1(C)c2ccccc2-c2ccc(-n3c4ccccc4c4cc(-c5ccc6c(c5)c5ccccc5n6-c5ccccc5)ccc43)cc21.c1ccc(-n2c3ccccc3c3cc(-c4ccc5c(c4)c4ccccc4n5-c4cccc5c4-c4ccccc4C5(c4ccccc4)c4ccccc4)ccc32)cc1. The summed E-state index contributed by atoms with van der Waals surface area (Å²) in [4.78, 5) is 0. The fourth-order valence-electron chi connectivity index (χ4n) is 18.3. The van der Waals surface area contributed by atoms with Crippen molar-refractivity contribution < 1.29 is 0 Å². The Morgan fingerprint density at radius 3 is 1.00 bits per heavy atom. The first kappa shape index (κ1) is 59.6. The topological polar surface area (TPSA) is 19.7 Å². The van der Waals surface area contributed by atoms with Gasteiger partial charge in [0.1, 0.15) is 0 Å². The molecule has 20 aromatic rings. The van der Waals surface area contributed by atoms with Crippen molar-refractivity contribution in [3.05, 3.63) is 409 Å². The van der Waals surface area contributed by atoms with Gasteiger partial charge in [-0.3, -0.25) is 0 Å². The highest BCUT2D eigenvalue weighted by atomic mass is 15.0. The lowest BCUT2D eigenvalue weighted by molar-refractivity contribution is 0.660. The van der Waals surface area contributed by atoms with E-state index in [0.29, 0.717) is 0 Å². The summed E-state index contributed by atoms with van der Waals surface area (Å²) in [5, 5.41) is 10.1. The van der Waals surface area contributed by atoms with Crippen LogP contribution in [0.25, 0.3) is 154 Å². The van der Waals surface area contributed by atoms with Crippen molar-refractivity contribution in [2.75, 3.05) is 0 Å². The van der Waals surface area contributed by atoms with Gasteiger partial charge in [0, 0.05) is 71.1 Å². The van der Waals surface area contributed by atoms with Crippen molar-refractivity contribution in [1.82, 2.24) is 18.3 Å². The van der Waals surface area contributed by atoms with Gasteiger partial charge in [-0.2, -0.15) is 0 Å². The molecule has 0 N–H and O–H groups in total. The van der Waals surface area contributed by atoms with Gasteiger partial charge < -0.3 is 18.3 Å². The predicted molar refractivity (Wildman–Crippen MR) is 436 cm³/mol. The van der Waals surface area contributed by atoms with E-state index in [1.54, 1.807) is 0 Å². The molecule has 0 amide bonds. The van der Waals surface area contributed by atoms with E-state index in [0.717, 1.165) is 0 Å². The first-order valence-corrected chi connectivity index (χ1v) is 36.2. The molecule has 0 saturated heterocycles. The molecule has 0 aliphatic heterocycles. The van der Waals surface area contributed by atoms with E-state index in [2.05, 4.69) is 408 Å². The summed E-state index contributed by atoms with van der Waals surface area (Å²) in [5.74, 6) is 0. The second-order valence-corrected chi connectivity index (χ2v) is 28.6. The second kappa shape index (κ2) is 23.1. The lowest BCUT2D eigenvalue weighted by Crippen LogP contribution is -2.28. The van der Waals surface area contributed by atoms with Crippen molar-refractivity contribution >= 4 is 87.2 Å². The third kappa shape index (κ3) is 8.73. The number of nitrogens with zero attached hydrogens (tertiary/aromatic N) is 4. The molecule has 4 nitrogen and oxygen atoms in total. The van der Waals surface area contributed by atoms with Crippen molar-refractivity contribution in [2.45, 2.75) is 24.7 Å². The van der Waals surface area contributed by atoms with Gasteiger partial charge in [-0.25, -0.2) is 0 Å². The van der Waals surface area contributed by atoms with E-state index in [1.807, 2.05) is 0 Å². The summed E-state index contributed by atoms with van der Waals surface area (Å²) in [6, 6.07) is 139. The van der Waals surface area contributed by atoms with Crippen LogP contribution in [0.2, 0.25) is 0 Å². The summed E-state index contributed by atoms with van der Waals surface area (Å²) in [5.41, 5.74) is 32.1. The van der Waals surface area contributed by atoms with Gasteiger partial charge in [-0.1, -0.05) is 275 Å². The van der Waals surface area contributed by atoms with E-state index in [9.17, 15) is 0 Å². The zero-order chi connectivity index (χ0) is 68.8. The maximum atomic E-state index is 2.51. The molecule has 0 saturated carbocycles. The summed E-state index contributed by atoms with van der Waals surface area (Å²) in [6.45, 7) is 4.71. The molecule has 0 unspecified atom stereocenters. The van der Waals surface area contributed by atoms with Crippen molar-refractivity contribution in [2.24, 2.45) is 0 Å². The number of hydrogen-bond donors (Lipinski definition) is 0. The van der Waals surface area contributed by atoms with Crippen LogP contribution in [0.1, 0.15) is 47.2 Å². The van der Waals surface area contributed by atoms with Crippen LogP contribution in [0.4, 0.5) is 0 Å². The number of aromatic nitrogens is 4. The number of hydrogen-bond acceptors (Lipinski definition) is 0. The number of para-hydroxylation sites is 6. The molecular weight excluding hydrogens is 1260 g/mol. The van der Waals surface area contributed by atoms with E-state index in [4.69, 9.17) is 0 Å². The highest BCUT2D eigenvalue weighted by molar-refractivity contribution is 6.15. The molecule has 0 fully saturated rings. The molecule has 104 heavy (non-hydrogen) atoms. The molecule has 4 aromatic heterocycles. The molecule has 22 rings (SSSR count). The zero-order valence-corrected chi connectivity index (χ0v) is 57.6. The Balaban J connectivity index is 0.000000137. The summed E-state index contributed by atoms with van der Waals surface area (Å²) in [7, 11) is 0. The van der Waals surface area contributed by atoms with Crippen LogP contribution < -0.4 is 0 Å². The van der Waals surface area contributed by atoms with E-state index in [1.165, 1.54) is 188 Å². The minimum atomic E-state index is -0.460. The largest absolute Gasteiger partial charge is 0.309 e. The molecule has 0 atom stereocenters. The minimum Gasteiger partial charge on any atom is -0.309 e. The van der Waals surface area contributed by atoms with Gasteiger partial charge >= 0.3 is 0 Å². The second-order valence-electron chi connectivity index (χ2n) is 28.6. The van der Waals surface area contributed by atoms with Crippen molar-refractivity contribution in [3.63, 3.8) is 0 Å². The third-order valence-electron chi connectivity index (χ3n) is 22.9. The highest BCUT2D eigenvalue weighted by Crippen LogP contribution is 2.58. The minimum absolute atomic E-state index is 0.0455. The lowest BCUT2D eigenvalue weighted by Gasteiger charge is -2.34. The van der Waals surface area contributed by atoms with Crippen LogP contribution in [0.5, 0.6) is 0 Å². The van der Waals surface area contributed by atoms with Crippen LogP contribution in [-0.2, 0) is 10.8 Å². The van der Waals surface area contributed by atoms with Gasteiger partial charge in [0.05, 0.1) is 55.2 Å². The Morgan fingerprint density at radius 1 is 0.202 bits per heavy atom. The van der Waals surface area contributed by atoms with Gasteiger partial charge in [-0.15, -0.1) is 0 Å². The molecule has 488 valence electrons. The molecule has 2 aliphatic carbocycles. The van der Waals surface area contributed by atoms with E-state index in [-0.39, 0.29) is 5.41 Å². The molecule has 0 radical (unpaired) electrons. The Labute approximate surface area is 603 Å². The molecular formula is C100H68N4. The van der Waals surface area contributed by atoms with Crippen LogP contribution in [0.15, 0.2) is 376 Å². The maximum absolute atomic E-state index is 2.51. The lowest BCUT2D eigenvalue weighted by atomic mass is 9.68. The smallest absolute Gasteiger partial charge is 0.0714 e. The number of fused-ring (bicyclic) bond motifs is 18. The van der Waals surface area contributed by atoms with Gasteiger partial charge in [0.15, 0.2) is 0 Å². The molecule has 4 heterocycles. The standard InChI is InChI=1S/C55H36N2.C45H32N2/c1-4-17-39(18-5-1)55(40-19-6-2-7-20-40)47-26-13-10-25-44(47)54-48(55)27-16-30-53(54)57-50-29-15-12-24-43(50)46-36-38(32-34-52(46)57)37-31-33-51-45(35-37)42-23-11-14-28-49(42)56(51)41-21-8-3-9-22-41;1-45(2)39-17-9-6-14-33(39)34-23-22-32(28-40(34)45)47-42-19-11-8-16-36(42)38-27-30(21-25-44(38)47)29-20-24-43-37(26-29)35-15-7-10-18-41(35)46(43)31-12-4-3-5-13-31/h1-36H;3-28H,1-2H3. The number of rotatable bonds is 8. The Hall–Kier alpha value is -13.3. The van der Waals surface area contributed by atoms with Crippen LogP contribution in [0, 0.1) is 0 Å². The monoisotopic (exact) mass is 1320 g/mol. The van der Waals surface area contributed by atoms with Gasteiger partial charge in [-0.05, 0) is 188 Å². The average molecular weight is 1330 g/mol. The van der Waals surface area contributed by atoms with Gasteiger partial charge in [0.25, 0.3) is 0 Å². The van der Waals surface area contributed by atoms with Crippen molar-refractivity contribution in [1.29, 1.82) is 0 Å². The van der Waals surface area contributed by atoms with Crippen molar-refractivity contribution in [3.8, 4) is 67.3 Å². The van der Waals surface area contributed by atoms with Crippen LogP contribution >= 0.6 is 0 Å². The fourth-order valence-corrected chi connectivity index (χ4v) is 18.3. The maximum Gasteiger partial charge on any atom is 0.0714 e. The predicted octanol–water partition coefficient (Wildman–Crippen LogP) is 25.8. The van der Waals surface area contributed by atoms with Gasteiger partial charge in [0.2, 0.25) is 0 Å². The zero-order valence-electron chi connectivity index (χ0n) is 57.6. The normalized spacial score (nSPS) is 13.2. The Bertz CT molecular complexity index is 6820. The summed E-state index contributed by atoms with van der Waals surface area (Å²) in [6.07, 6.45) is 0. The van der Waals surface area contributed by atoms with Crippen LogP contribution in [-0.4, -0.2) is 18.3 Å². The first-order chi connectivity index (χ1) is 51.4. The Kier molecular flexibility index (Phi) is 13.3. The van der Waals surface area contributed by atoms with E-state index < -0.39 is 5.41 Å². The highest BCUT2D eigenvalue weighted by Gasteiger charge is 2.47. The first-order valence-electron chi connectivity index (χ1n) is 36.2. The molecule has 0 bridgehead atoms. The molecule has 2 aliphatic rings.